The monoisotopic (exact) mass is 641 g/mol. The molecule has 1 aromatic carbocycles. The Morgan fingerprint density at radius 3 is 2.67 bits per heavy atom. The fraction of sp³-hybridized carbons (Fsp3) is 0.333. The van der Waals surface area contributed by atoms with Crippen molar-refractivity contribution in [1.82, 2.24) is 24.7 Å². The zero-order valence-electron chi connectivity index (χ0n) is 24.0. The van der Waals surface area contributed by atoms with Crippen molar-refractivity contribution in [3.8, 4) is 17.0 Å². The summed E-state index contributed by atoms with van der Waals surface area (Å²) in [6, 6.07) is 3.75. The molecule has 1 saturated heterocycles. The Morgan fingerprint density at radius 2 is 2.02 bits per heavy atom. The molecule has 3 atom stereocenters. The molecule has 11 nitrogen and oxygen atoms in total. The minimum absolute atomic E-state index is 0.111. The van der Waals surface area contributed by atoms with Crippen LogP contribution in [0.25, 0.3) is 11.3 Å². The number of anilines is 2. The number of carbonyl (C=O) groups is 2. The maximum absolute atomic E-state index is 14.9. The van der Waals surface area contributed by atoms with Crippen LogP contribution in [0.5, 0.6) is 5.75 Å². The molecule has 1 aliphatic carbocycles. The number of aliphatic hydroxyl groups is 1. The third kappa shape index (κ3) is 5.71. The van der Waals surface area contributed by atoms with E-state index < -0.39 is 36.3 Å². The van der Waals surface area contributed by atoms with Crippen molar-refractivity contribution in [1.29, 1.82) is 0 Å². The first-order valence-electron chi connectivity index (χ1n) is 14.1. The van der Waals surface area contributed by atoms with Gasteiger partial charge in [-0.15, -0.1) is 0 Å². The third-order valence-electron chi connectivity index (χ3n) is 8.23. The fourth-order valence-corrected chi connectivity index (χ4v) is 5.84. The number of alkyl halides is 2. The maximum Gasteiger partial charge on any atom is 0.387 e. The Balaban J connectivity index is 1.21. The van der Waals surface area contributed by atoms with Gasteiger partial charge in [-0.2, -0.15) is 13.9 Å². The van der Waals surface area contributed by atoms with Gasteiger partial charge in [-0.25, -0.2) is 14.4 Å². The standard InChI is InChI=1S/C30H27ClF3N7O4/c1-14-7-17(8-36-27(14)40-11-16-3-4-19(16)29(40)44)15(2)41-12-18(9-37-41)38-28(43)26-22(13-42)35-10-21(39-26)24-23(45-30(33)34)6-5-20(31)25(24)32/h5-10,12,15-16,19,30,42H,3-4,11,13H2,1-2H3,(H,38,43)/t15-,16-,19-/m1/s1. The number of nitrogens with one attached hydrogen (secondary N) is 1. The Bertz CT molecular complexity index is 1800. The lowest BCUT2D eigenvalue weighted by atomic mass is 9.76. The molecule has 234 valence electrons. The van der Waals surface area contributed by atoms with Gasteiger partial charge in [0, 0.05) is 24.9 Å². The van der Waals surface area contributed by atoms with Crippen molar-refractivity contribution in [2.75, 3.05) is 16.8 Å². The van der Waals surface area contributed by atoms with E-state index >= 15 is 0 Å². The van der Waals surface area contributed by atoms with Crippen LogP contribution in [0.2, 0.25) is 5.02 Å². The summed E-state index contributed by atoms with van der Waals surface area (Å²) in [7, 11) is 0. The highest BCUT2D eigenvalue weighted by atomic mass is 35.5. The fourth-order valence-electron chi connectivity index (χ4n) is 5.68. The maximum atomic E-state index is 14.9. The number of aryl methyl sites for hydroxylation is 1. The zero-order valence-corrected chi connectivity index (χ0v) is 24.8. The number of amides is 2. The van der Waals surface area contributed by atoms with E-state index in [0.717, 1.165) is 42.3 Å². The van der Waals surface area contributed by atoms with Gasteiger partial charge in [0.25, 0.3) is 5.91 Å². The average Bonchev–Trinajstić information content (AvgIpc) is 3.54. The number of ether oxygens (including phenoxy) is 1. The number of rotatable bonds is 9. The minimum atomic E-state index is -3.27. The van der Waals surface area contributed by atoms with Crippen LogP contribution in [0.3, 0.4) is 0 Å². The number of fused-ring (bicyclic) bond motifs is 1. The van der Waals surface area contributed by atoms with Crippen molar-refractivity contribution >= 4 is 34.9 Å². The molecule has 1 aliphatic heterocycles. The summed E-state index contributed by atoms with van der Waals surface area (Å²) < 4.78 is 47.0. The van der Waals surface area contributed by atoms with Gasteiger partial charge in [-0.05, 0) is 61.9 Å². The molecule has 2 N–H and O–H groups in total. The second kappa shape index (κ2) is 12.1. The molecule has 0 spiro atoms. The van der Waals surface area contributed by atoms with Gasteiger partial charge >= 0.3 is 6.61 Å². The molecule has 0 radical (unpaired) electrons. The summed E-state index contributed by atoms with van der Waals surface area (Å²) in [4.78, 5) is 40.5. The van der Waals surface area contributed by atoms with Gasteiger partial charge in [0.05, 0.1) is 52.7 Å². The van der Waals surface area contributed by atoms with E-state index in [4.69, 9.17) is 11.6 Å². The van der Waals surface area contributed by atoms with E-state index in [1.165, 1.54) is 6.20 Å². The highest BCUT2D eigenvalue weighted by Gasteiger charge is 2.47. The highest BCUT2D eigenvalue weighted by Crippen LogP contribution is 2.43. The predicted octanol–water partition coefficient (Wildman–Crippen LogP) is 5.16. The van der Waals surface area contributed by atoms with E-state index in [0.29, 0.717) is 18.3 Å². The molecule has 0 unspecified atom stereocenters. The number of aromatic nitrogens is 5. The van der Waals surface area contributed by atoms with Crippen LogP contribution < -0.4 is 15.0 Å². The highest BCUT2D eigenvalue weighted by molar-refractivity contribution is 6.31. The molecule has 3 aromatic heterocycles. The van der Waals surface area contributed by atoms with Crippen molar-refractivity contribution in [2.45, 2.75) is 45.9 Å². The second-order valence-electron chi connectivity index (χ2n) is 11.0. The Labute approximate surface area is 260 Å². The Morgan fingerprint density at radius 1 is 1.22 bits per heavy atom. The lowest BCUT2D eigenvalue weighted by molar-refractivity contribution is -0.123. The number of nitrogens with zero attached hydrogens (tertiary/aromatic N) is 6. The molecular formula is C30H27ClF3N7O4. The lowest BCUT2D eigenvalue weighted by Gasteiger charge is -2.25. The molecule has 2 fully saturated rings. The van der Waals surface area contributed by atoms with Gasteiger partial charge < -0.3 is 15.2 Å². The number of halogens is 4. The molecule has 4 aromatic rings. The average molecular weight is 642 g/mol. The quantitative estimate of drug-likeness (QED) is 0.256. The van der Waals surface area contributed by atoms with E-state index in [1.807, 2.05) is 19.9 Å². The normalized spacial score (nSPS) is 18.1. The summed E-state index contributed by atoms with van der Waals surface area (Å²) >= 11 is 5.86. The number of carbonyl (C=O) groups excluding carboxylic acids is 2. The molecule has 1 saturated carbocycles. The van der Waals surface area contributed by atoms with Crippen LogP contribution in [0.15, 0.2) is 43.0 Å². The van der Waals surface area contributed by atoms with Crippen LogP contribution in [0, 0.1) is 24.6 Å². The molecular weight excluding hydrogens is 615 g/mol. The van der Waals surface area contributed by atoms with Gasteiger partial charge in [-0.1, -0.05) is 11.6 Å². The third-order valence-corrected chi connectivity index (χ3v) is 8.52. The minimum Gasteiger partial charge on any atom is -0.434 e. The molecule has 4 heterocycles. The summed E-state index contributed by atoms with van der Waals surface area (Å²) in [5, 5.41) is 16.4. The van der Waals surface area contributed by atoms with Crippen molar-refractivity contribution in [3.63, 3.8) is 0 Å². The smallest absolute Gasteiger partial charge is 0.387 e. The molecule has 2 aliphatic rings. The molecule has 6 rings (SSSR count). The Kier molecular flexibility index (Phi) is 8.18. The van der Waals surface area contributed by atoms with Crippen molar-refractivity contribution in [3.05, 3.63) is 76.3 Å². The van der Waals surface area contributed by atoms with Gasteiger partial charge in [0.2, 0.25) is 5.91 Å². The molecule has 45 heavy (non-hydrogen) atoms. The summed E-state index contributed by atoms with van der Waals surface area (Å²) in [6.07, 6.45) is 7.70. The van der Waals surface area contributed by atoms with Crippen LogP contribution in [-0.4, -0.2) is 54.8 Å². The van der Waals surface area contributed by atoms with Gasteiger partial charge in [0.15, 0.2) is 11.5 Å². The largest absolute Gasteiger partial charge is 0.434 e. The number of pyridine rings is 1. The van der Waals surface area contributed by atoms with Crippen LogP contribution in [0.4, 0.5) is 24.7 Å². The van der Waals surface area contributed by atoms with Crippen molar-refractivity contribution in [2.24, 2.45) is 11.8 Å². The molecule has 15 heteroatoms. The van der Waals surface area contributed by atoms with Crippen LogP contribution >= 0.6 is 11.6 Å². The van der Waals surface area contributed by atoms with Crippen molar-refractivity contribution < 1.29 is 32.6 Å². The van der Waals surface area contributed by atoms with E-state index in [2.05, 4.69) is 30.1 Å². The number of hydrogen-bond donors (Lipinski definition) is 2. The first-order chi connectivity index (χ1) is 21.5. The topological polar surface area (TPSA) is 135 Å². The first-order valence-corrected chi connectivity index (χ1v) is 14.5. The zero-order chi connectivity index (χ0) is 32.0. The SMILES string of the molecule is Cc1cc([C@@H](C)n2cc(NC(=O)c3nc(-c4c(OC(F)F)ccc(Cl)c4F)cnc3CO)cn2)cnc1N1C[C@H]2CC[C@H]2C1=O. The number of aliphatic hydroxyl groups excluding tert-OH is 1. The van der Waals surface area contributed by atoms with Crippen LogP contribution in [-0.2, 0) is 11.4 Å². The Hall–Kier alpha value is -4.56. The number of benzene rings is 1. The second-order valence-corrected chi connectivity index (χ2v) is 11.4. The molecule has 2 amide bonds. The van der Waals surface area contributed by atoms with E-state index in [9.17, 15) is 27.9 Å². The number of hydrogen-bond acceptors (Lipinski definition) is 8. The molecule has 0 bridgehead atoms. The van der Waals surface area contributed by atoms with Gasteiger partial charge in [-0.3, -0.25) is 24.2 Å². The summed E-state index contributed by atoms with van der Waals surface area (Å²) in [5.41, 5.74) is 0.624. The van der Waals surface area contributed by atoms with Gasteiger partial charge in [0.1, 0.15) is 11.6 Å². The van der Waals surface area contributed by atoms with E-state index in [1.54, 1.807) is 22.0 Å². The summed E-state index contributed by atoms with van der Waals surface area (Å²) in [6.45, 7) is 0.549. The van der Waals surface area contributed by atoms with Crippen LogP contribution in [0.1, 0.15) is 53.1 Å². The lowest BCUT2D eigenvalue weighted by Crippen LogP contribution is -2.29. The predicted molar refractivity (Wildman–Crippen MR) is 157 cm³/mol. The van der Waals surface area contributed by atoms with E-state index in [-0.39, 0.29) is 45.7 Å². The first kappa shape index (κ1) is 30.5. The summed E-state index contributed by atoms with van der Waals surface area (Å²) in [5.74, 6) is -1.16.